The van der Waals surface area contributed by atoms with E-state index in [0.29, 0.717) is 32.2 Å². The molecule has 1 aliphatic carbocycles. The van der Waals surface area contributed by atoms with Crippen LogP contribution in [0.2, 0.25) is 0 Å². The first-order chi connectivity index (χ1) is 10.7. The van der Waals surface area contributed by atoms with E-state index in [1.165, 1.54) is 11.4 Å². The highest BCUT2D eigenvalue weighted by molar-refractivity contribution is 7.89. The van der Waals surface area contributed by atoms with Crippen molar-refractivity contribution in [2.75, 3.05) is 19.4 Å². The Morgan fingerprint density at radius 3 is 2.39 bits per heavy atom. The van der Waals surface area contributed by atoms with Crippen LogP contribution in [0.5, 0.6) is 0 Å². The first-order valence-electron chi connectivity index (χ1n) is 8.04. The van der Waals surface area contributed by atoms with Crippen molar-refractivity contribution in [3.05, 3.63) is 0 Å². The second-order valence-electron chi connectivity index (χ2n) is 6.67. The van der Waals surface area contributed by atoms with Crippen molar-refractivity contribution >= 4 is 22.0 Å². The summed E-state index contributed by atoms with van der Waals surface area (Å²) in [4.78, 5) is 23.5. The molecule has 0 aromatic rings. The van der Waals surface area contributed by atoms with Gasteiger partial charge >= 0.3 is 11.9 Å². The van der Waals surface area contributed by atoms with Gasteiger partial charge in [0.05, 0.1) is 24.2 Å². The van der Waals surface area contributed by atoms with Crippen molar-refractivity contribution in [2.45, 2.75) is 51.5 Å². The van der Waals surface area contributed by atoms with Crippen LogP contribution in [0.15, 0.2) is 0 Å². The molecule has 0 bridgehead atoms. The molecule has 7 nitrogen and oxygen atoms in total. The fourth-order valence-corrected chi connectivity index (χ4v) is 6.27. The van der Waals surface area contributed by atoms with E-state index in [4.69, 9.17) is 4.74 Å². The number of piperidine rings is 1. The van der Waals surface area contributed by atoms with Crippen LogP contribution in [-0.4, -0.2) is 55.2 Å². The summed E-state index contributed by atoms with van der Waals surface area (Å²) in [6.07, 6.45) is 3.61. The number of sulfonamides is 1. The molecule has 8 heteroatoms. The first-order valence-corrected chi connectivity index (χ1v) is 9.65. The zero-order valence-electron chi connectivity index (χ0n) is 13.7. The molecule has 1 heterocycles. The minimum Gasteiger partial charge on any atom is -0.481 e. The SMILES string of the molecule is COC(=O)C1(CS(=O)(=O)N2CCC[C@H](C(=O)O)[C@@H]2C)CCCC1. The highest BCUT2D eigenvalue weighted by atomic mass is 32.2. The van der Waals surface area contributed by atoms with Gasteiger partial charge in [-0.15, -0.1) is 0 Å². The number of methoxy groups -OCH3 is 1. The van der Waals surface area contributed by atoms with E-state index in [1.54, 1.807) is 6.92 Å². The number of nitrogens with zero attached hydrogens (tertiary/aromatic N) is 1. The molecule has 0 unspecified atom stereocenters. The maximum absolute atomic E-state index is 12.9. The lowest BCUT2D eigenvalue weighted by Gasteiger charge is -2.38. The minimum atomic E-state index is -3.73. The number of carboxylic acids is 1. The van der Waals surface area contributed by atoms with Gasteiger partial charge in [0, 0.05) is 12.6 Å². The molecular weight excluding hydrogens is 322 g/mol. The van der Waals surface area contributed by atoms with Gasteiger partial charge in [0.15, 0.2) is 0 Å². The molecule has 0 spiro atoms. The number of carbonyl (C=O) groups is 2. The van der Waals surface area contributed by atoms with E-state index < -0.39 is 39.3 Å². The van der Waals surface area contributed by atoms with Gasteiger partial charge in [-0.2, -0.15) is 4.31 Å². The number of ether oxygens (including phenoxy) is 1. The standard InChI is InChI=1S/C15H25NO6S/c1-11-12(13(17)18)6-5-9-16(11)23(20,21)10-15(14(19)22-2)7-3-4-8-15/h11-12H,3-10H2,1-2H3,(H,17,18)/t11-,12-/m0/s1. The Bertz CT molecular complexity index is 567. The van der Waals surface area contributed by atoms with Crippen molar-refractivity contribution in [1.82, 2.24) is 4.31 Å². The summed E-state index contributed by atoms with van der Waals surface area (Å²) in [5, 5.41) is 9.26. The average molecular weight is 347 g/mol. The molecule has 2 atom stereocenters. The highest BCUT2D eigenvalue weighted by Gasteiger charge is 2.49. The summed E-state index contributed by atoms with van der Waals surface area (Å²) < 4.78 is 31.9. The summed E-state index contributed by atoms with van der Waals surface area (Å²) in [5.74, 6) is -2.43. The zero-order valence-corrected chi connectivity index (χ0v) is 14.5. The van der Waals surface area contributed by atoms with E-state index in [-0.39, 0.29) is 5.75 Å². The van der Waals surface area contributed by atoms with Crippen molar-refractivity contribution in [3.8, 4) is 0 Å². The van der Waals surface area contributed by atoms with Crippen LogP contribution in [-0.2, 0) is 24.3 Å². The largest absolute Gasteiger partial charge is 0.481 e. The van der Waals surface area contributed by atoms with Crippen molar-refractivity contribution in [3.63, 3.8) is 0 Å². The van der Waals surface area contributed by atoms with Crippen LogP contribution in [0.25, 0.3) is 0 Å². The first kappa shape index (κ1) is 18.2. The molecule has 1 N–H and O–H groups in total. The third-order valence-corrected chi connectivity index (χ3v) is 7.39. The van der Waals surface area contributed by atoms with Gasteiger partial charge in [0.1, 0.15) is 0 Å². The van der Waals surface area contributed by atoms with Gasteiger partial charge in [-0.25, -0.2) is 8.42 Å². The Kier molecular flexibility index (Phi) is 5.35. The van der Waals surface area contributed by atoms with Gasteiger partial charge in [-0.05, 0) is 32.6 Å². The second kappa shape index (κ2) is 6.76. The molecular formula is C15H25NO6S. The average Bonchev–Trinajstić information content (AvgIpc) is 2.95. The summed E-state index contributed by atoms with van der Waals surface area (Å²) in [5.41, 5.74) is -0.983. The molecule has 1 saturated carbocycles. The van der Waals surface area contributed by atoms with Gasteiger partial charge in [0.25, 0.3) is 0 Å². The fourth-order valence-electron chi connectivity index (χ4n) is 3.94. The molecule has 0 aromatic heterocycles. The fraction of sp³-hybridized carbons (Fsp3) is 0.867. The Balaban J connectivity index is 2.23. The summed E-state index contributed by atoms with van der Waals surface area (Å²) in [7, 11) is -2.45. The number of hydrogen-bond acceptors (Lipinski definition) is 5. The van der Waals surface area contributed by atoms with E-state index in [0.717, 1.165) is 12.8 Å². The molecule has 2 rings (SSSR count). The lowest BCUT2D eigenvalue weighted by atomic mass is 9.89. The van der Waals surface area contributed by atoms with Crippen molar-refractivity contribution in [1.29, 1.82) is 0 Å². The minimum absolute atomic E-state index is 0.288. The van der Waals surface area contributed by atoms with E-state index in [1.807, 2.05) is 0 Å². The summed E-state index contributed by atoms with van der Waals surface area (Å²) >= 11 is 0. The zero-order chi connectivity index (χ0) is 17.3. The van der Waals surface area contributed by atoms with Crippen molar-refractivity contribution < 1.29 is 27.9 Å². The molecule has 2 aliphatic rings. The van der Waals surface area contributed by atoms with Crippen LogP contribution >= 0.6 is 0 Å². The molecule has 0 amide bonds. The topological polar surface area (TPSA) is 101 Å². The Labute approximate surface area is 137 Å². The van der Waals surface area contributed by atoms with Crippen LogP contribution in [0.3, 0.4) is 0 Å². The number of aliphatic carboxylic acids is 1. The van der Waals surface area contributed by atoms with Crippen LogP contribution in [0.1, 0.15) is 45.4 Å². The number of rotatable bonds is 5. The van der Waals surface area contributed by atoms with Gasteiger partial charge in [-0.3, -0.25) is 9.59 Å². The van der Waals surface area contributed by atoms with Crippen LogP contribution in [0.4, 0.5) is 0 Å². The number of carboxylic acid groups (broad SMARTS) is 1. The molecule has 2 fully saturated rings. The lowest BCUT2D eigenvalue weighted by Crippen LogP contribution is -2.52. The number of carbonyl (C=O) groups excluding carboxylic acids is 1. The molecule has 1 saturated heterocycles. The second-order valence-corrected chi connectivity index (χ2v) is 8.60. The monoisotopic (exact) mass is 347 g/mol. The number of hydrogen-bond donors (Lipinski definition) is 1. The van der Waals surface area contributed by atoms with Crippen LogP contribution in [0, 0.1) is 11.3 Å². The van der Waals surface area contributed by atoms with Crippen LogP contribution < -0.4 is 0 Å². The third-order valence-electron chi connectivity index (χ3n) is 5.24. The predicted octanol–water partition coefficient (Wildman–Crippen LogP) is 1.23. The van der Waals surface area contributed by atoms with E-state index >= 15 is 0 Å². The quantitative estimate of drug-likeness (QED) is 0.751. The molecule has 132 valence electrons. The highest BCUT2D eigenvalue weighted by Crippen LogP contribution is 2.41. The Morgan fingerprint density at radius 2 is 1.87 bits per heavy atom. The Hall–Kier alpha value is -1.15. The predicted molar refractivity (Wildman–Crippen MR) is 83.2 cm³/mol. The molecule has 0 aromatic carbocycles. The van der Waals surface area contributed by atoms with E-state index in [9.17, 15) is 23.1 Å². The summed E-state index contributed by atoms with van der Waals surface area (Å²) in [6.45, 7) is 1.94. The summed E-state index contributed by atoms with van der Waals surface area (Å²) in [6, 6.07) is -0.595. The van der Waals surface area contributed by atoms with Crippen molar-refractivity contribution in [2.24, 2.45) is 11.3 Å². The lowest BCUT2D eigenvalue weighted by molar-refractivity contribution is -0.151. The smallest absolute Gasteiger partial charge is 0.312 e. The molecule has 23 heavy (non-hydrogen) atoms. The Morgan fingerprint density at radius 1 is 1.26 bits per heavy atom. The van der Waals surface area contributed by atoms with Gasteiger partial charge in [-0.1, -0.05) is 12.8 Å². The normalized spacial score (nSPS) is 28.4. The maximum atomic E-state index is 12.9. The molecule has 0 radical (unpaired) electrons. The number of esters is 1. The van der Waals surface area contributed by atoms with Gasteiger partial charge < -0.3 is 9.84 Å². The maximum Gasteiger partial charge on any atom is 0.312 e. The van der Waals surface area contributed by atoms with E-state index in [2.05, 4.69) is 0 Å². The molecule has 1 aliphatic heterocycles. The third kappa shape index (κ3) is 3.52. The van der Waals surface area contributed by atoms with Gasteiger partial charge in [0.2, 0.25) is 10.0 Å².